The molecule has 0 amide bonds. The lowest BCUT2D eigenvalue weighted by molar-refractivity contribution is -0.384. The molecule has 0 radical (unpaired) electrons. The summed E-state index contributed by atoms with van der Waals surface area (Å²) in [6.45, 7) is 0.431. The van der Waals surface area contributed by atoms with Gasteiger partial charge in [0.1, 0.15) is 0 Å². The molecule has 0 spiro atoms. The number of nitro benzene ring substituents is 1. The highest BCUT2D eigenvalue weighted by atomic mass is 16.6. The molecule has 0 N–H and O–H groups in total. The molecule has 0 aliphatic carbocycles. The van der Waals surface area contributed by atoms with Crippen LogP contribution in [0.2, 0.25) is 0 Å². The van der Waals surface area contributed by atoms with E-state index in [2.05, 4.69) is 4.98 Å². The number of nitro groups is 1. The van der Waals surface area contributed by atoms with E-state index < -0.39 is 4.92 Å². The molecule has 7 nitrogen and oxygen atoms in total. The number of non-ortho nitro benzene ring substituents is 1. The number of benzene rings is 2. The number of pyridine rings is 1. The third-order valence-electron chi connectivity index (χ3n) is 4.16. The van der Waals surface area contributed by atoms with Crippen molar-refractivity contribution in [3.8, 4) is 28.6 Å². The Kier molecular flexibility index (Phi) is 6.06. The van der Waals surface area contributed by atoms with Crippen molar-refractivity contribution in [2.75, 3.05) is 20.8 Å². The van der Waals surface area contributed by atoms with E-state index in [0.29, 0.717) is 41.7 Å². The average molecular weight is 380 g/mol. The lowest BCUT2D eigenvalue weighted by Crippen LogP contribution is -2.03. The van der Waals surface area contributed by atoms with Gasteiger partial charge in [0.2, 0.25) is 5.88 Å². The molecule has 0 unspecified atom stereocenters. The standard InChI is InChI=1S/C21H20N2O5/c1-26-19-10-9-15(13-20(19)27-2)11-12-28-21-8-4-7-18(22-21)16-5-3-6-17(14-16)23(24)25/h3-10,13-14H,11-12H2,1-2H3. The second-order valence-corrected chi connectivity index (χ2v) is 5.96. The maximum absolute atomic E-state index is 11.0. The molecule has 0 aliphatic rings. The Hall–Kier alpha value is -3.61. The van der Waals surface area contributed by atoms with Gasteiger partial charge in [-0.2, -0.15) is 0 Å². The van der Waals surface area contributed by atoms with E-state index in [0.717, 1.165) is 5.56 Å². The summed E-state index contributed by atoms with van der Waals surface area (Å²) in [6, 6.07) is 17.5. The Labute approximate surface area is 162 Å². The highest BCUT2D eigenvalue weighted by Crippen LogP contribution is 2.28. The number of nitrogens with zero attached hydrogens (tertiary/aromatic N) is 2. The van der Waals surface area contributed by atoms with E-state index >= 15 is 0 Å². The number of ether oxygens (including phenoxy) is 3. The number of rotatable bonds is 8. The minimum absolute atomic E-state index is 0.0269. The smallest absolute Gasteiger partial charge is 0.270 e. The van der Waals surface area contributed by atoms with E-state index in [1.807, 2.05) is 24.3 Å². The van der Waals surface area contributed by atoms with E-state index in [-0.39, 0.29) is 5.69 Å². The van der Waals surface area contributed by atoms with Gasteiger partial charge in [-0.15, -0.1) is 0 Å². The van der Waals surface area contributed by atoms with E-state index in [4.69, 9.17) is 14.2 Å². The molecule has 0 atom stereocenters. The SMILES string of the molecule is COc1ccc(CCOc2cccc(-c3cccc([N+](=O)[O-])c3)n2)cc1OC. The summed E-state index contributed by atoms with van der Waals surface area (Å²) in [4.78, 5) is 15.0. The van der Waals surface area contributed by atoms with Crippen molar-refractivity contribution in [2.45, 2.75) is 6.42 Å². The zero-order chi connectivity index (χ0) is 19.9. The lowest BCUT2D eigenvalue weighted by atomic mass is 10.1. The lowest BCUT2D eigenvalue weighted by Gasteiger charge is -2.10. The van der Waals surface area contributed by atoms with Crippen molar-refractivity contribution in [1.29, 1.82) is 0 Å². The molecular weight excluding hydrogens is 360 g/mol. The van der Waals surface area contributed by atoms with Crippen LogP contribution in [0.1, 0.15) is 5.56 Å². The molecule has 1 aromatic heterocycles. The number of hydrogen-bond acceptors (Lipinski definition) is 6. The fraction of sp³-hybridized carbons (Fsp3) is 0.190. The van der Waals surface area contributed by atoms with Crippen LogP contribution < -0.4 is 14.2 Å². The number of methoxy groups -OCH3 is 2. The van der Waals surface area contributed by atoms with E-state index in [1.54, 1.807) is 38.5 Å². The van der Waals surface area contributed by atoms with Crippen LogP contribution in [0.25, 0.3) is 11.3 Å². The van der Waals surface area contributed by atoms with E-state index in [1.165, 1.54) is 12.1 Å². The molecule has 0 bridgehead atoms. The van der Waals surface area contributed by atoms with Crippen LogP contribution >= 0.6 is 0 Å². The summed E-state index contributed by atoms with van der Waals surface area (Å²) < 4.78 is 16.3. The highest BCUT2D eigenvalue weighted by molar-refractivity contribution is 5.62. The molecule has 0 fully saturated rings. The van der Waals surface area contributed by atoms with Crippen LogP contribution in [0.3, 0.4) is 0 Å². The fourth-order valence-electron chi connectivity index (χ4n) is 2.74. The second kappa shape index (κ2) is 8.85. The Balaban J connectivity index is 1.67. The molecule has 3 rings (SSSR count). The van der Waals surface area contributed by atoms with E-state index in [9.17, 15) is 10.1 Å². The van der Waals surface area contributed by atoms with Gasteiger partial charge >= 0.3 is 0 Å². The monoisotopic (exact) mass is 380 g/mol. The average Bonchev–Trinajstić information content (AvgIpc) is 2.74. The molecule has 0 aliphatic heterocycles. The van der Waals surface area contributed by atoms with Crippen molar-refractivity contribution in [1.82, 2.24) is 4.98 Å². The van der Waals surface area contributed by atoms with Gasteiger partial charge in [0, 0.05) is 30.2 Å². The van der Waals surface area contributed by atoms with Crippen LogP contribution in [0.4, 0.5) is 5.69 Å². The molecule has 0 saturated carbocycles. The van der Waals surface area contributed by atoms with Gasteiger partial charge in [0.25, 0.3) is 5.69 Å². The van der Waals surface area contributed by atoms with Crippen LogP contribution in [0.15, 0.2) is 60.7 Å². The van der Waals surface area contributed by atoms with Crippen molar-refractivity contribution in [3.63, 3.8) is 0 Å². The summed E-state index contributed by atoms with van der Waals surface area (Å²) in [7, 11) is 3.20. The van der Waals surface area contributed by atoms with Gasteiger partial charge in [-0.3, -0.25) is 10.1 Å². The molecule has 3 aromatic rings. The fourth-order valence-corrected chi connectivity index (χ4v) is 2.74. The first kappa shape index (κ1) is 19.2. The van der Waals surface area contributed by atoms with Crippen molar-refractivity contribution >= 4 is 5.69 Å². The summed E-state index contributed by atoms with van der Waals surface area (Å²) in [5.41, 5.74) is 2.36. The zero-order valence-corrected chi connectivity index (χ0v) is 15.6. The van der Waals surface area contributed by atoms with Crippen LogP contribution in [0, 0.1) is 10.1 Å². The third kappa shape index (κ3) is 4.56. The van der Waals surface area contributed by atoms with Gasteiger partial charge in [0.05, 0.1) is 31.4 Å². The zero-order valence-electron chi connectivity index (χ0n) is 15.6. The molecule has 7 heteroatoms. The summed E-state index contributed by atoms with van der Waals surface area (Å²) in [5, 5.41) is 11.0. The summed E-state index contributed by atoms with van der Waals surface area (Å²) >= 11 is 0. The predicted octanol–water partition coefficient (Wildman–Crippen LogP) is 4.30. The van der Waals surface area contributed by atoms with Crippen molar-refractivity contribution in [2.24, 2.45) is 0 Å². The quantitative estimate of drug-likeness (QED) is 0.428. The van der Waals surface area contributed by atoms with Crippen LogP contribution in [0.5, 0.6) is 17.4 Å². The normalized spacial score (nSPS) is 10.4. The molecular formula is C21H20N2O5. The Bertz CT molecular complexity index is 975. The first-order valence-electron chi connectivity index (χ1n) is 8.66. The van der Waals surface area contributed by atoms with Crippen LogP contribution in [-0.2, 0) is 6.42 Å². The van der Waals surface area contributed by atoms with Gasteiger partial charge in [-0.1, -0.05) is 24.3 Å². The highest BCUT2D eigenvalue weighted by Gasteiger charge is 2.09. The van der Waals surface area contributed by atoms with Gasteiger partial charge in [-0.25, -0.2) is 4.98 Å². The molecule has 28 heavy (non-hydrogen) atoms. The maximum Gasteiger partial charge on any atom is 0.270 e. The first-order chi connectivity index (χ1) is 13.6. The van der Waals surface area contributed by atoms with Gasteiger partial charge in [0.15, 0.2) is 11.5 Å². The third-order valence-corrected chi connectivity index (χ3v) is 4.16. The summed E-state index contributed by atoms with van der Waals surface area (Å²) in [5.74, 6) is 1.81. The maximum atomic E-state index is 11.0. The Morgan fingerprint density at radius 3 is 2.50 bits per heavy atom. The predicted molar refractivity (Wildman–Crippen MR) is 105 cm³/mol. The second-order valence-electron chi connectivity index (χ2n) is 5.96. The number of hydrogen-bond donors (Lipinski definition) is 0. The Morgan fingerprint density at radius 1 is 0.964 bits per heavy atom. The topological polar surface area (TPSA) is 83.7 Å². The van der Waals surface area contributed by atoms with Crippen molar-refractivity contribution in [3.05, 3.63) is 76.3 Å². The largest absolute Gasteiger partial charge is 0.493 e. The molecule has 144 valence electrons. The number of aromatic nitrogens is 1. The minimum atomic E-state index is -0.424. The first-order valence-corrected chi connectivity index (χ1v) is 8.66. The minimum Gasteiger partial charge on any atom is -0.493 e. The summed E-state index contributed by atoms with van der Waals surface area (Å²) in [6.07, 6.45) is 0.670. The Morgan fingerprint density at radius 2 is 1.75 bits per heavy atom. The molecule has 2 aromatic carbocycles. The molecule has 0 saturated heterocycles. The van der Waals surface area contributed by atoms with Crippen LogP contribution in [-0.4, -0.2) is 30.7 Å². The van der Waals surface area contributed by atoms with Gasteiger partial charge in [-0.05, 0) is 23.8 Å². The van der Waals surface area contributed by atoms with Gasteiger partial charge < -0.3 is 14.2 Å². The molecule has 1 heterocycles. The van der Waals surface area contributed by atoms with Crippen molar-refractivity contribution < 1.29 is 19.1 Å².